The van der Waals surface area contributed by atoms with Gasteiger partial charge in [-0.3, -0.25) is 4.79 Å². The highest BCUT2D eigenvalue weighted by atomic mass is 19.1. The lowest BCUT2D eigenvalue weighted by atomic mass is 10.2. The van der Waals surface area contributed by atoms with Gasteiger partial charge in [0.05, 0.1) is 12.1 Å². The van der Waals surface area contributed by atoms with Crippen molar-refractivity contribution in [3.8, 4) is 0 Å². The second kappa shape index (κ2) is 3.50. The molecule has 2 rings (SSSR count). The number of nitrogens with two attached hydrogens (primary N) is 1. The number of alkyl halides is 1. The Kier molecular flexibility index (Phi) is 2.47. The summed E-state index contributed by atoms with van der Waals surface area (Å²) in [5, 5.41) is 0. The Balaban J connectivity index is 1.98. The number of likely N-dealkylation sites (tertiary alicyclic amines) is 1. The molecule has 80 valence electrons. The quantitative estimate of drug-likeness (QED) is 0.681. The maximum atomic E-state index is 13.2. The molecule has 3 nitrogen and oxygen atoms in total. The second-order valence-electron chi connectivity index (χ2n) is 4.50. The van der Waals surface area contributed by atoms with Crippen LogP contribution in [0.4, 0.5) is 4.39 Å². The molecule has 2 fully saturated rings. The molecule has 1 aliphatic carbocycles. The van der Waals surface area contributed by atoms with Gasteiger partial charge < -0.3 is 10.6 Å². The van der Waals surface area contributed by atoms with Crippen molar-refractivity contribution in [2.24, 2.45) is 5.73 Å². The molecule has 1 saturated heterocycles. The van der Waals surface area contributed by atoms with E-state index < -0.39 is 11.7 Å². The predicted octanol–water partition coefficient (Wildman–Crippen LogP) is 0.828. The lowest BCUT2D eigenvalue weighted by Crippen LogP contribution is -2.47. The van der Waals surface area contributed by atoms with E-state index >= 15 is 0 Å². The first kappa shape index (κ1) is 9.90. The van der Waals surface area contributed by atoms with E-state index in [0.29, 0.717) is 13.0 Å². The fraction of sp³-hybridized carbons (Fsp3) is 0.900. The summed E-state index contributed by atoms with van der Waals surface area (Å²) in [5.74, 6) is -0.0398. The van der Waals surface area contributed by atoms with Crippen LogP contribution in [0.15, 0.2) is 0 Å². The summed E-state index contributed by atoms with van der Waals surface area (Å²) in [6, 6.07) is 0. The Morgan fingerprint density at radius 1 is 1.43 bits per heavy atom. The summed E-state index contributed by atoms with van der Waals surface area (Å²) in [6.45, 7) is 0.927. The van der Waals surface area contributed by atoms with Crippen LogP contribution in [0, 0.1) is 0 Å². The zero-order chi connectivity index (χ0) is 10.2. The standard InChI is InChI=1S/C10H17FN2O/c11-8-3-1-2-6-13(7-8)9(14)10(12)4-5-10/h8H,1-7,12H2. The Morgan fingerprint density at radius 3 is 2.79 bits per heavy atom. The average Bonchev–Trinajstić information content (AvgIpc) is 2.91. The van der Waals surface area contributed by atoms with Crippen molar-refractivity contribution in [2.45, 2.75) is 43.8 Å². The number of carbonyl (C=O) groups is 1. The first-order valence-corrected chi connectivity index (χ1v) is 5.34. The van der Waals surface area contributed by atoms with Gasteiger partial charge in [0.1, 0.15) is 6.17 Å². The lowest BCUT2D eigenvalue weighted by molar-refractivity contribution is -0.134. The van der Waals surface area contributed by atoms with Crippen LogP contribution in [-0.4, -0.2) is 35.6 Å². The van der Waals surface area contributed by atoms with Gasteiger partial charge in [-0.1, -0.05) is 0 Å². The van der Waals surface area contributed by atoms with E-state index in [-0.39, 0.29) is 12.5 Å². The van der Waals surface area contributed by atoms with Gasteiger partial charge in [-0.05, 0) is 32.1 Å². The van der Waals surface area contributed by atoms with Crippen molar-refractivity contribution >= 4 is 5.91 Å². The molecule has 2 N–H and O–H groups in total. The van der Waals surface area contributed by atoms with Gasteiger partial charge in [0.15, 0.2) is 0 Å². The van der Waals surface area contributed by atoms with Crippen LogP contribution < -0.4 is 5.73 Å². The molecule has 2 aliphatic rings. The van der Waals surface area contributed by atoms with Crippen molar-refractivity contribution in [3.63, 3.8) is 0 Å². The molecular weight excluding hydrogens is 183 g/mol. The Hall–Kier alpha value is -0.640. The van der Waals surface area contributed by atoms with Crippen LogP contribution in [-0.2, 0) is 4.79 Å². The van der Waals surface area contributed by atoms with E-state index in [1.807, 2.05) is 0 Å². The topological polar surface area (TPSA) is 46.3 Å². The summed E-state index contributed by atoms with van der Waals surface area (Å²) >= 11 is 0. The minimum absolute atomic E-state index is 0.0398. The molecule has 1 saturated carbocycles. The van der Waals surface area contributed by atoms with E-state index in [1.165, 1.54) is 0 Å². The van der Waals surface area contributed by atoms with Crippen LogP contribution in [0.2, 0.25) is 0 Å². The van der Waals surface area contributed by atoms with E-state index in [2.05, 4.69) is 0 Å². The zero-order valence-electron chi connectivity index (χ0n) is 8.34. The van der Waals surface area contributed by atoms with E-state index in [9.17, 15) is 9.18 Å². The van der Waals surface area contributed by atoms with Gasteiger partial charge in [0, 0.05) is 6.54 Å². The number of amides is 1. The first-order valence-electron chi connectivity index (χ1n) is 5.34. The lowest BCUT2D eigenvalue weighted by Gasteiger charge is -2.24. The monoisotopic (exact) mass is 200 g/mol. The third-order valence-corrected chi connectivity index (χ3v) is 3.12. The smallest absolute Gasteiger partial charge is 0.242 e. The largest absolute Gasteiger partial charge is 0.338 e. The molecule has 0 bridgehead atoms. The summed E-state index contributed by atoms with van der Waals surface area (Å²) in [4.78, 5) is 13.4. The number of hydrogen-bond acceptors (Lipinski definition) is 2. The Bertz CT molecular complexity index is 240. The molecule has 0 radical (unpaired) electrons. The number of halogens is 1. The molecule has 1 aliphatic heterocycles. The molecule has 0 aromatic rings. The Morgan fingerprint density at radius 2 is 2.14 bits per heavy atom. The van der Waals surface area contributed by atoms with Gasteiger partial charge in [-0.2, -0.15) is 0 Å². The highest BCUT2D eigenvalue weighted by Crippen LogP contribution is 2.34. The molecule has 1 amide bonds. The van der Waals surface area contributed by atoms with Crippen molar-refractivity contribution in [1.82, 2.24) is 4.90 Å². The van der Waals surface area contributed by atoms with Crippen LogP contribution in [0.1, 0.15) is 32.1 Å². The molecule has 1 atom stereocenters. The average molecular weight is 200 g/mol. The van der Waals surface area contributed by atoms with Crippen molar-refractivity contribution in [3.05, 3.63) is 0 Å². The van der Waals surface area contributed by atoms with Gasteiger partial charge >= 0.3 is 0 Å². The van der Waals surface area contributed by atoms with E-state index in [1.54, 1.807) is 4.90 Å². The molecule has 4 heteroatoms. The molecule has 1 heterocycles. The zero-order valence-corrected chi connectivity index (χ0v) is 8.34. The van der Waals surface area contributed by atoms with Crippen LogP contribution in [0.5, 0.6) is 0 Å². The molecular formula is C10H17FN2O. The number of carbonyl (C=O) groups excluding carboxylic acids is 1. The normalized spacial score (nSPS) is 31.0. The minimum Gasteiger partial charge on any atom is -0.338 e. The number of nitrogens with zero attached hydrogens (tertiary/aromatic N) is 1. The molecule has 1 unspecified atom stereocenters. The van der Waals surface area contributed by atoms with Crippen molar-refractivity contribution in [1.29, 1.82) is 0 Å². The summed E-state index contributed by atoms with van der Waals surface area (Å²) in [7, 11) is 0. The molecule has 0 aromatic carbocycles. The molecule has 0 aromatic heterocycles. The first-order chi connectivity index (χ1) is 6.62. The summed E-state index contributed by atoms with van der Waals surface area (Å²) < 4.78 is 13.2. The minimum atomic E-state index is -0.858. The van der Waals surface area contributed by atoms with E-state index in [0.717, 1.165) is 25.7 Å². The number of hydrogen-bond donors (Lipinski definition) is 1. The fourth-order valence-electron chi connectivity index (χ4n) is 1.94. The van der Waals surface area contributed by atoms with Crippen LogP contribution in [0.25, 0.3) is 0 Å². The SMILES string of the molecule is NC1(C(=O)N2CCCCC(F)C2)CC1. The van der Waals surface area contributed by atoms with Gasteiger partial charge in [-0.25, -0.2) is 4.39 Å². The highest BCUT2D eigenvalue weighted by molar-refractivity contribution is 5.89. The molecule has 14 heavy (non-hydrogen) atoms. The summed E-state index contributed by atoms with van der Waals surface area (Å²) in [5.41, 5.74) is 5.17. The Labute approximate surface area is 83.4 Å². The van der Waals surface area contributed by atoms with Gasteiger partial charge in [0.2, 0.25) is 5.91 Å². The fourth-order valence-corrected chi connectivity index (χ4v) is 1.94. The maximum absolute atomic E-state index is 13.2. The number of rotatable bonds is 1. The second-order valence-corrected chi connectivity index (χ2v) is 4.50. The van der Waals surface area contributed by atoms with Crippen LogP contribution in [0.3, 0.4) is 0 Å². The van der Waals surface area contributed by atoms with E-state index in [4.69, 9.17) is 5.73 Å². The summed E-state index contributed by atoms with van der Waals surface area (Å²) in [6.07, 6.45) is 3.04. The predicted molar refractivity (Wildman–Crippen MR) is 51.5 cm³/mol. The van der Waals surface area contributed by atoms with Gasteiger partial charge in [-0.15, -0.1) is 0 Å². The third kappa shape index (κ3) is 1.90. The van der Waals surface area contributed by atoms with Crippen molar-refractivity contribution in [2.75, 3.05) is 13.1 Å². The third-order valence-electron chi connectivity index (χ3n) is 3.12. The van der Waals surface area contributed by atoms with Gasteiger partial charge in [0.25, 0.3) is 0 Å². The highest BCUT2D eigenvalue weighted by Gasteiger charge is 2.48. The van der Waals surface area contributed by atoms with Crippen LogP contribution >= 0.6 is 0 Å². The molecule has 0 spiro atoms. The maximum Gasteiger partial charge on any atom is 0.242 e. The van der Waals surface area contributed by atoms with Crippen molar-refractivity contribution < 1.29 is 9.18 Å².